The van der Waals surface area contributed by atoms with Gasteiger partial charge in [-0.1, -0.05) is 0 Å². The molecule has 0 bridgehead atoms. The Morgan fingerprint density at radius 3 is 2.30 bits per heavy atom. The summed E-state index contributed by atoms with van der Waals surface area (Å²) in [6.07, 6.45) is 0. The van der Waals surface area contributed by atoms with Crippen LogP contribution in [0.4, 0.5) is 0 Å². The molecule has 0 fully saturated rings. The number of aromatic hydroxyl groups is 1. The average Bonchev–Trinajstić information content (AvgIpc) is 1.89. The topological polar surface area (TPSA) is 51.7 Å². The van der Waals surface area contributed by atoms with Crippen LogP contribution in [0, 0.1) is 0 Å². The SMILES string of the molecule is O.Oc1ccccc1[S][Hg]. The molecule has 0 saturated heterocycles. The third kappa shape index (κ3) is 2.48. The molecule has 3 N–H and O–H groups in total. The van der Waals surface area contributed by atoms with Crippen molar-refractivity contribution in [2.24, 2.45) is 0 Å². The van der Waals surface area contributed by atoms with Crippen LogP contribution in [0.15, 0.2) is 29.2 Å². The molecule has 1 rings (SSSR count). The molecule has 4 heteroatoms. The molecule has 0 aliphatic heterocycles. The first-order valence-electron chi connectivity index (χ1n) is 2.54. The molecule has 51 valence electrons. The van der Waals surface area contributed by atoms with Crippen molar-refractivity contribution in [3.05, 3.63) is 24.3 Å². The molecular weight excluding hydrogens is 337 g/mol. The second-order valence-electron chi connectivity index (χ2n) is 1.61. The van der Waals surface area contributed by atoms with Gasteiger partial charge in [0.05, 0.1) is 0 Å². The van der Waals surface area contributed by atoms with Crippen LogP contribution in [-0.4, -0.2) is 10.6 Å². The van der Waals surface area contributed by atoms with E-state index in [1.54, 1.807) is 14.3 Å². The Hall–Kier alpha value is 0.265. The molecule has 0 amide bonds. The Morgan fingerprint density at radius 2 is 1.90 bits per heavy atom. The number of para-hydroxylation sites is 1. The van der Waals surface area contributed by atoms with E-state index in [-0.39, 0.29) is 5.48 Å². The van der Waals surface area contributed by atoms with Crippen LogP contribution in [0.1, 0.15) is 0 Å². The standard InChI is InChI=1S/C6H6OS.Hg.H2O/c7-5-3-1-2-4-6(5)8;;/h1-4,7-8H;;1H2/q;+1;/p-1. The van der Waals surface area contributed by atoms with Crippen molar-refractivity contribution in [1.29, 1.82) is 0 Å². The van der Waals surface area contributed by atoms with E-state index in [1.165, 1.54) is 0 Å². The first kappa shape index (κ1) is 10.3. The summed E-state index contributed by atoms with van der Waals surface area (Å²) < 4.78 is 0. The Labute approximate surface area is 78.0 Å². The van der Waals surface area contributed by atoms with E-state index in [2.05, 4.69) is 0 Å². The summed E-state index contributed by atoms with van der Waals surface area (Å²) in [7, 11) is 1.74. The maximum absolute atomic E-state index is 9.12. The molecule has 10 heavy (non-hydrogen) atoms. The summed E-state index contributed by atoms with van der Waals surface area (Å²) in [4.78, 5) is 1.01. The van der Waals surface area contributed by atoms with E-state index < -0.39 is 0 Å². The second kappa shape index (κ2) is 4.99. The molecule has 0 aliphatic rings. The number of rotatable bonds is 1. The summed E-state index contributed by atoms with van der Waals surface area (Å²) in [6, 6.07) is 7.43. The summed E-state index contributed by atoms with van der Waals surface area (Å²) in [6.45, 7) is 0. The average molecular weight is 344 g/mol. The van der Waals surface area contributed by atoms with Gasteiger partial charge in [-0.05, 0) is 0 Å². The van der Waals surface area contributed by atoms with Crippen LogP contribution in [0.2, 0.25) is 0 Å². The van der Waals surface area contributed by atoms with Gasteiger partial charge in [0.2, 0.25) is 0 Å². The van der Waals surface area contributed by atoms with Crippen molar-refractivity contribution in [2.75, 3.05) is 0 Å². The predicted octanol–water partition coefficient (Wildman–Crippen LogP) is 1.12. The van der Waals surface area contributed by atoms with Crippen LogP contribution in [0.5, 0.6) is 5.75 Å². The monoisotopic (exact) mass is 345 g/mol. The van der Waals surface area contributed by atoms with Crippen LogP contribution in [0.3, 0.4) is 0 Å². The molecule has 0 spiro atoms. The van der Waals surface area contributed by atoms with Crippen LogP contribution in [-0.2, 0) is 24.6 Å². The molecule has 1 aromatic carbocycles. The van der Waals surface area contributed by atoms with Gasteiger partial charge in [-0.15, -0.1) is 0 Å². The predicted molar refractivity (Wildman–Crippen MR) is 37.6 cm³/mol. The van der Waals surface area contributed by atoms with E-state index in [1.807, 2.05) is 18.2 Å². The first-order valence-corrected chi connectivity index (χ1v) is 10.3. The molecule has 0 atom stereocenters. The van der Waals surface area contributed by atoms with E-state index in [4.69, 9.17) is 5.11 Å². The number of phenols is 1. The van der Waals surface area contributed by atoms with Crippen molar-refractivity contribution in [2.45, 2.75) is 4.90 Å². The first-order chi connectivity index (χ1) is 4.34. The fraction of sp³-hybridized carbons (Fsp3) is 0. The van der Waals surface area contributed by atoms with Gasteiger partial charge in [0.25, 0.3) is 0 Å². The zero-order valence-electron chi connectivity index (χ0n) is 5.37. The molecule has 1 aromatic rings. The molecular formula is C6H7HgO2S. The zero-order valence-corrected chi connectivity index (χ0v) is 11.7. The van der Waals surface area contributed by atoms with Crippen molar-refractivity contribution in [3.8, 4) is 5.75 Å². The minimum atomic E-state index is 0. The molecule has 0 aromatic heterocycles. The molecule has 0 radical (unpaired) electrons. The van der Waals surface area contributed by atoms with E-state index in [0.717, 1.165) is 4.90 Å². The van der Waals surface area contributed by atoms with Crippen molar-refractivity contribution < 1.29 is 35.2 Å². The molecule has 0 saturated carbocycles. The van der Waals surface area contributed by atoms with Gasteiger partial charge in [0.15, 0.2) is 0 Å². The molecule has 2 nitrogen and oxygen atoms in total. The summed E-state index contributed by atoms with van der Waals surface area (Å²) in [5, 5.41) is 9.12. The molecule has 0 heterocycles. The van der Waals surface area contributed by atoms with Gasteiger partial charge in [0, 0.05) is 0 Å². The second-order valence-corrected chi connectivity index (χ2v) is 5.71. The van der Waals surface area contributed by atoms with Crippen LogP contribution in [0.25, 0.3) is 0 Å². The van der Waals surface area contributed by atoms with Gasteiger partial charge >= 0.3 is 72.9 Å². The summed E-state index contributed by atoms with van der Waals surface area (Å²) >= 11 is 0.669. The van der Waals surface area contributed by atoms with Gasteiger partial charge in [-0.25, -0.2) is 0 Å². The Balaban J connectivity index is 0.000000810. The van der Waals surface area contributed by atoms with E-state index in [0.29, 0.717) is 30.4 Å². The minimum absolute atomic E-state index is 0. The number of benzene rings is 1. The fourth-order valence-corrected chi connectivity index (χ4v) is 3.82. The van der Waals surface area contributed by atoms with Crippen molar-refractivity contribution >= 4 is 8.24 Å². The van der Waals surface area contributed by atoms with Gasteiger partial charge in [0.1, 0.15) is 0 Å². The van der Waals surface area contributed by atoms with Gasteiger partial charge in [-0.2, -0.15) is 0 Å². The van der Waals surface area contributed by atoms with Crippen LogP contribution < -0.4 is 0 Å². The normalized spacial score (nSPS) is 8.60. The van der Waals surface area contributed by atoms with Gasteiger partial charge < -0.3 is 5.48 Å². The quantitative estimate of drug-likeness (QED) is 0.777. The Bertz CT molecular complexity index is 205. The van der Waals surface area contributed by atoms with E-state index >= 15 is 0 Å². The van der Waals surface area contributed by atoms with Gasteiger partial charge in [-0.3, -0.25) is 0 Å². The van der Waals surface area contributed by atoms with Crippen LogP contribution >= 0.6 is 8.24 Å². The summed E-state index contributed by atoms with van der Waals surface area (Å²) in [5.41, 5.74) is 0. The maximum atomic E-state index is 9.12. The molecule has 0 unspecified atom stereocenters. The van der Waals surface area contributed by atoms with E-state index in [9.17, 15) is 0 Å². The summed E-state index contributed by atoms with van der Waals surface area (Å²) in [5.74, 6) is 0.414. The fourth-order valence-electron chi connectivity index (χ4n) is 0.579. The number of hydrogen-bond acceptors (Lipinski definition) is 2. The van der Waals surface area contributed by atoms with Crippen molar-refractivity contribution in [3.63, 3.8) is 0 Å². The Morgan fingerprint density at radius 1 is 1.30 bits per heavy atom. The number of hydrogen-bond donors (Lipinski definition) is 1. The molecule has 0 aliphatic carbocycles. The number of phenolic OH excluding ortho intramolecular Hbond substituents is 1. The third-order valence-electron chi connectivity index (χ3n) is 1.02. The zero-order chi connectivity index (χ0) is 6.69. The Kier molecular flexibility index (Phi) is 5.12. The third-order valence-corrected chi connectivity index (χ3v) is 5.30. The van der Waals surface area contributed by atoms with Crippen molar-refractivity contribution in [1.82, 2.24) is 0 Å².